The first-order chi connectivity index (χ1) is 22.7. The molecule has 7 aromatic rings. The Morgan fingerprint density at radius 1 is 0.783 bits per heavy atom. The summed E-state index contributed by atoms with van der Waals surface area (Å²) >= 11 is 0. The highest BCUT2D eigenvalue weighted by atomic mass is 16.5. The third kappa shape index (κ3) is 4.28. The van der Waals surface area contributed by atoms with Crippen LogP contribution in [0.25, 0.3) is 33.3 Å². The predicted octanol–water partition coefficient (Wildman–Crippen LogP) is 9.61. The fraction of sp³-hybridized carbons (Fsp3) is 0.0769. The molecule has 0 spiro atoms. The molecule has 1 aliphatic carbocycles. The van der Waals surface area contributed by atoms with Crippen molar-refractivity contribution in [1.82, 2.24) is 14.5 Å². The molecule has 4 aromatic carbocycles. The number of para-hydroxylation sites is 2. The number of pyridine rings is 1. The maximum absolute atomic E-state index is 6.79. The van der Waals surface area contributed by atoms with Crippen LogP contribution in [0.3, 0.4) is 0 Å². The fourth-order valence-electron chi connectivity index (χ4n) is 6.61. The van der Waals surface area contributed by atoms with E-state index in [9.17, 15) is 0 Å². The Labute approximate surface area is 265 Å². The Hall–Kier alpha value is -6.08. The highest BCUT2D eigenvalue weighted by Crippen LogP contribution is 2.50. The Balaban J connectivity index is 1.25. The lowest BCUT2D eigenvalue weighted by Gasteiger charge is -2.25. The number of fused-ring (bicyclic) bond motifs is 6. The molecule has 4 heterocycles. The SMILES string of the molecule is Cn1ccnc1-c1cc(Oc2cc(N(c3ccccc3)c3ccccn3)c3c(c2)oc2ccccc23)cc2c1OC1C=CC=CC21. The summed E-state index contributed by atoms with van der Waals surface area (Å²) in [4.78, 5) is 11.6. The number of furan rings is 1. The highest BCUT2D eigenvalue weighted by Gasteiger charge is 2.35. The smallest absolute Gasteiger partial charge is 0.143 e. The normalized spacial score (nSPS) is 16.4. The first kappa shape index (κ1) is 26.3. The van der Waals surface area contributed by atoms with E-state index in [4.69, 9.17) is 18.9 Å². The molecule has 9 rings (SSSR count). The summed E-state index contributed by atoms with van der Waals surface area (Å²) in [6, 6.07) is 32.4. The predicted molar refractivity (Wildman–Crippen MR) is 180 cm³/mol. The van der Waals surface area contributed by atoms with Crippen molar-refractivity contribution in [1.29, 1.82) is 0 Å². The molecule has 2 unspecified atom stereocenters. The highest BCUT2D eigenvalue weighted by molar-refractivity contribution is 6.13. The van der Waals surface area contributed by atoms with Gasteiger partial charge in [-0.05, 0) is 48.5 Å². The van der Waals surface area contributed by atoms with Gasteiger partial charge < -0.3 is 18.5 Å². The number of ether oxygens (including phenoxy) is 2. The molecule has 7 nitrogen and oxygen atoms in total. The van der Waals surface area contributed by atoms with E-state index < -0.39 is 0 Å². The van der Waals surface area contributed by atoms with Crippen molar-refractivity contribution in [3.63, 3.8) is 0 Å². The van der Waals surface area contributed by atoms with Crippen LogP contribution in [0.4, 0.5) is 17.2 Å². The second kappa shape index (κ2) is 10.5. The molecule has 7 heteroatoms. The van der Waals surface area contributed by atoms with Crippen LogP contribution in [-0.2, 0) is 7.05 Å². The maximum atomic E-state index is 6.79. The third-order valence-corrected chi connectivity index (χ3v) is 8.65. The molecule has 0 N–H and O–H groups in total. The number of imidazole rings is 1. The number of rotatable bonds is 6. The van der Waals surface area contributed by atoms with Crippen molar-refractivity contribution < 1.29 is 13.9 Å². The van der Waals surface area contributed by atoms with Crippen LogP contribution in [0.15, 0.2) is 144 Å². The van der Waals surface area contributed by atoms with Crippen LogP contribution < -0.4 is 14.4 Å². The topological polar surface area (TPSA) is 65.5 Å². The molecule has 0 saturated heterocycles. The van der Waals surface area contributed by atoms with E-state index in [1.165, 1.54) is 0 Å². The van der Waals surface area contributed by atoms with Crippen LogP contribution in [0.5, 0.6) is 17.2 Å². The molecule has 1 aliphatic heterocycles. The van der Waals surface area contributed by atoms with Gasteiger partial charge in [0, 0.05) is 60.3 Å². The minimum Gasteiger partial charge on any atom is -0.484 e. The summed E-state index contributed by atoms with van der Waals surface area (Å²) in [5, 5.41) is 2.00. The summed E-state index contributed by atoms with van der Waals surface area (Å²) in [5.41, 5.74) is 5.36. The van der Waals surface area contributed by atoms with Gasteiger partial charge in [-0.2, -0.15) is 0 Å². The summed E-state index contributed by atoms with van der Waals surface area (Å²) in [6.07, 6.45) is 13.9. The van der Waals surface area contributed by atoms with Gasteiger partial charge in [0.25, 0.3) is 0 Å². The summed E-state index contributed by atoms with van der Waals surface area (Å²) in [7, 11) is 1.99. The van der Waals surface area contributed by atoms with Crippen molar-refractivity contribution in [3.8, 4) is 28.6 Å². The molecular weight excluding hydrogens is 572 g/mol. The average molecular weight is 601 g/mol. The van der Waals surface area contributed by atoms with E-state index in [0.717, 1.165) is 61.8 Å². The van der Waals surface area contributed by atoms with Crippen molar-refractivity contribution in [2.75, 3.05) is 4.90 Å². The molecule has 2 atom stereocenters. The zero-order chi connectivity index (χ0) is 30.6. The van der Waals surface area contributed by atoms with Crippen molar-refractivity contribution in [2.45, 2.75) is 12.0 Å². The number of aromatic nitrogens is 3. The molecule has 3 aromatic heterocycles. The van der Waals surface area contributed by atoms with Gasteiger partial charge >= 0.3 is 0 Å². The minimum atomic E-state index is -0.0643. The van der Waals surface area contributed by atoms with E-state index in [1.807, 2.05) is 96.8 Å². The Morgan fingerprint density at radius 3 is 2.46 bits per heavy atom. The van der Waals surface area contributed by atoms with Gasteiger partial charge in [-0.1, -0.05) is 60.7 Å². The number of hydrogen-bond donors (Lipinski definition) is 0. The largest absolute Gasteiger partial charge is 0.484 e. The lowest BCUT2D eigenvalue weighted by atomic mass is 9.91. The summed E-state index contributed by atoms with van der Waals surface area (Å²) in [6.45, 7) is 0. The number of hydrogen-bond acceptors (Lipinski definition) is 6. The molecular formula is C39H28N4O3. The van der Waals surface area contributed by atoms with Gasteiger partial charge in [0.15, 0.2) is 0 Å². The number of benzene rings is 4. The van der Waals surface area contributed by atoms with E-state index in [-0.39, 0.29) is 12.0 Å². The van der Waals surface area contributed by atoms with Gasteiger partial charge in [-0.15, -0.1) is 0 Å². The van der Waals surface area contributed by atoms with E-state index in [1.54, 1.807) is 6.20 Å². The molecule has 0 radical (unpaired) electrons. The number of aryl methyl sites for hydroxylation is 1. The lowest BCUT2D eigenvalue weighted by molar-refractivity contribution is 0.269. The van der Waals surface area contributed by atoms with Crippen LogP contribution in [0.1, 0.15) is 11.5 Å². The molecule has 0 saturated carbocycles. The number of anilines is 3. The molecule has 46 heavy (non-hydrogen) atoms. The quantitative estimate of drug-likeness (QED) is 0.189. The van der Waals surface area contributed by atoms with E-state index >= 15 is 0 Å². The first-order valence-electron chi connectivity index (χ1n) is 15.3. The van der Waals surface area contributed by atoms with Crippen LogP contribution in [0, 0.1) is 0 Å². The Kier molecular flexibility index (Phi) is 6.03. The second-order valence-corrected chi connectivity index (χ2v) is 11.5. The van der Waals surface area contributed by atoms with Gasteiger partial charge in [0.05, 0.1) is 16.6 Å². The molecule has 0 amide bonds. The molecule has 0 bridgehead atoms. The standard InChI is InChI=1S/C39H28N4O3/c1-42-20-19-41-39(42)31-22-26(21-30-28-13-5-7-15-33(28)46-38(30)31)44-27-23-32(37-29-14-6-8-16-34(29)45-35(37)24-27)43(25-11-3-2-4-12-25)36-17-9-10-18-40-36/h2-24,28,33H,1H3. The minimum absolute atomic E-state index is 0.0643. The average Bonchev–Trinajstić information content (AvgIpc) is 3.80. The summed E-state index contributed by atoms with van der Waals surface area (Å²) < 4.78 is 21.7. The number of allylic oxidation sites excluding steroid dienone is 2. The molecule has 0 fully saturated rings. The van der Waals surface area contributed by atoms with Crippen molar-refractivity contribution >= 4 is 39.1 Å². The first-order valence-corrected chi connectivity index (χ1v) is 15.3. The Bertz CT molecular complexity index is 2260. The van der Waals surface area contributed by atoms with E-state index in [2.05, 4.69) is 58.4 Å². The van der Waals surface area contributed by atoms with Crippen LogP contribution in [-0.4, -0.2) is 20.6 Å². The second-order valence-electron chi connectivity index (χ2n) is 11.5. The molecule has 2 aliphatic rings. The summed E-state index contributed by atoms with van der Waals surface area (Å²) in [5.74, 6) is 3.85. The van der Waals surface area contributed by atoms with Gasteiger partial charge in [0.1, 0.15) is 46.2 Å². The van der Waals surface area contributed by atoms with Gasteiger partial charge in [-0.25, -0.2) is 9.97 Å². The van der Waals surface area contributed by atoms with Crippen molar-refractivity contribution in [3.05, 3.63) is 146 Å². The number of nitrogens with zero attached hydrogens (tertiary/aromatic N) is 4. The van der Waals surface area contributed by atoms with Gasteiger partial charge in [0.2, 0.25) is 0 Å². The van der Waals surface area contributed by atoms with E-state index in [0.29, 0.717) is 11.5 Å². The van der Waals surface area contributed by atoms with Crippen LogP contribution in [0.2, 0.25) is 0 Å². The zero-order valence-corrected chi connectivity index (χ0v) is 24.9. The Morgan fingerprint density at radius 2 is 1.61 bits per heavy atom. The third-order valence-electron chi connectivity index (χ3n) is 8.65. The van der Waals surface area contributed by atoms with Gasteiger partial charge in [-0.3, -0.25) is 4.90 Å². The fourth-order valence-corrected chi connectivity index (χ4v) is 6.61. The molecule has 222 valence electrons. The van der Waals surface area contributed by atoms with Crippen molar-refractivity contribution in [2.24, 2.45) is 7.05 Å². The lowest BCUT2D eigenvalue weighted by Crippen LogP contribution is -2.15. The maximum Gasteiger partial charge on any atom is 0.143 e. The monoisotopic (exact) mass is 600 g/mol. The zero-order valence-electron chi connectivity index (χ0n) is 24.9. The van der Waals surface area contributed by atoms with Crippen LogP contribution >= 0.6 is 0 Å².